The van der Waals surface area contributed by atoms with Crippen LogP contribution in [0.25, 0.3) is 0 Å². The van der Waals surface area contributed by atoms with Gasteiger partial charge in [0.25, 0.3) is 0 Å². The number of nitrogens with one attached hydrogen (secondary N) is 1. The summed E-state index contributed by atoms with van der Waals surface area (Å²) in [5.41, 5.74) is 1.32. The number of amides is 2. The molecule has 0 bridgehead atoms. The largest absolute Gasteiger partial charge is 0.496 e. The molecular formula is C23H26N2O6. The van der Waals surface area contributed by atoms with E-state index in [1.54, 1.807) is 45.3 Å². The van der Waals surface area contributed by atoms with Gasteiger partial charge >= 0.3 is 12.0 Å². The van der Waals surface area contributed by atoms with Crippen LogP contribution in [-0.2, 0) is 9.53 Å². The highest BCUT2D eigenvalue weighted by Gasteiger charge is 2.38. The summed E-state index contributed by atoms with van der Waals surface area (Å²) in [6.07, 6.45) is 0. The van der Waals surface area contributed by atoms with Crippen LogP contribution in [0.2, 0.25) is 0 Å². The van der Waals surface area contributed by atoms with Crippen LogP contribution in [0.3, 0.4) is 0 Å². The van der Waals surface area contributed by atoms with Crippen LogP contribution in [0, 0.1) is 0 Å². The Kier molecular flexibility index (Phi) is 7.02. The predicted molar refractivity (Wildman–Crippen MR) is 114 cm³/mol. The average molecular weight is 426 g/mol. The summed E-state index contributed by atoms with van der Waals surface area (Å²) in [5, 5.41) is 2.87. The van der Waals surface area contributed by atoms with Gasteiger partial charge in [0, 0.05) is 12.6 Å². The van der Waals surface area contributed by atoms with Gasteiger partial charge in [0.15, 0.2) is 11.5 Å². The number of ether oxygens (including phenoxy) is 4. The maximum atomic E-state index is 13.0. The van der Waals surface area contributed by atoms with Crippen molar-refractivity contribution in [3.63, 3.8) is 0 Å². The third-order valence-corrected chi connectivity index (χ3v) is 4.96. The van der Waals surface area contributed by atoms with Crippen molar-refractivity contribution in [1.29, 1.82) is 0 Å². The van der Waals surface area contributed by atoms with Crippen molar-refractivity contribution in [2.24, 2.45) is 0 Å². The maximum Gasteiger partial charge on any atom is 0.338 e. The number of rotatable bonds is 8. The number of urea groups is 1. The van der Waals surface area contributed by atoms with Crippen LogP contribution >= 0.6 is 0 Å². The highest BCUT2D eigenvalue weighted by atomic mass is 16.5. The number of methoxy groups -OCH3 is 2. The van der Waals surface area contributed by atoms with Crippen LogP contribution in [0.5, 0.6) is 17.2 Å². The second-order valence-corrected chi connectivity index (χ2v) is 6.70. The molecule has 0 aliphatic carbocycles. The van der Waals surface area contributed by atoms with Gasteiger partial charge in [0.2, 0.25) is 0 Å². The first kappa shape index (κ1) is 22.0. The Morgan fingerprint density at radius 3 is 2.26 bits per heavy atom. The lowest BCUT2D eigenvalue weighted by Gasteiger charge is -2.35. The summed E-state index contributed by atoms with van der Waals surface area (Å²) in [5.74, 6) is 1.05. The zero-order chi connectivity index (χ0) is 22.4. The lowest BCUT2D eigenvalue weighted by atomic mass is 9.94. The molecule has 8 nitrogen and oxygen atoms in total. The van der Waals surface area contributed by atoms with Crippen LogP contribution in [0.4, 0.5) is 4.79 Å². The number of likely N-dealkylation sites (N-methyl/N-ethyl adjacent to an activating group) is 1. The quantitative estimate of drug-likeness (QED) is 0.652. The molecule has 0 aromatic heterocycles. The first-order valence-corrected chi connectivity index (χ1v) is 9.84. The summed E-state index contributed by atoms with van der Waals surface area (Å²) in [6, 6.07) is 13.2. The van der Waals surface area contributed by atoms with Crippen molar-refractivity contribution in [3.8, 4) is 17.2 Å². The molecule has 1 heterocycles. The Hall–Kier alpha value is -3.68. The third kappa shape index (κ3) is 4.58. The number of hydrogen-bond donors (Lipinski definition) is 1. The molecule has 0 spiro atoms. The molecule has 2 aromatic rings. The van der Waals surface area contributed by atoms with Gasteiger partial charge < -0.3 is 24.3 Å². The van der Waals surface area contributed by atoms with Gasteiger partial charge in [-0.3, -0.25) is 4.90 Å². The fraction of sp³-hybridized carbons (Fsp3) is 0.304. The van der Waals surface area contributed by atoms with Crippen molar-refractivity contribution in [2.75, 3.05) is 34.5 Å². The van der Waals surface area contributed by atoms with Crippen LogP contribution < -0.4 is 19.5 Å². The molecule has 1 aliphatic heterocycles. The van der Waals surface area contributed by atoms with E-state index in [1.165, 1.54) is 12.0 Å². The topological polar surface area (TPSA) is 86.3 Å². The summed E-state index contributed by atoms with van der Waals surface area (Å²) in [6.45, 7) is 1.88. The van der Waals surface area contributed by atoms with Gasteiger partial charge in [-0.05, 0) is 25.1 Å². The molecule has 0 radical (unpaired) electrons. The molecule has 1 aliphatic rings. The van der Waals surface area contributed by atoms with Gasteiger partial charge in [-0.15, -0.1) is 0 Å². The highest BCUT2D eigenvalue weighted by molar-refractivity contribution is 5.95. The zero-order valence-corrected chi connectivity index (χ0v) is 18.0. The molecule has 3 rings (SSSR count). The Balaban J connectivity index is 2.08. The van der Waals surface area contributed by atoms with E-state index in [9.17, 15) is 9.59 Å². The first-order chi connectivity index (χ1) is 15.0. The van der Waals surface area contributed by atoms with E-state index >= 15 is 0 Å². The normalized spacial score (nSPS) is 15.9. The summed E-state index contributed by atoms with van der Waals surface area (Å²) >= 11 is 0. The van der Waals surface area contributed by atoms with E-state index in [-0.39, 0.29) is 24.8 Å². The van der Waals surface area contributed by atoms with Gasteiger partial charge in [0.1, 0.15) is 12.4 Å². The first-order valence-electron chi connectivity index (χ1n) is 9.84. The molecule has 164 valence electrons. The number of carbonyl (C=O) groups excluding carboxylic acids is 2. The van der Waals surface area contributed by atoms with E-state index in [4.69, 9.17) is 18.9 Å². The van der Waals surface area contributed by atoms with Crippen molar-refractivity contribution >= 4 is 12.0 Å². The summed E-state index contributed by atoms with van der Waals surface area (Å²) in [4.78, 5) is 27.1. The Morgan fingerprint density at radius 2 is 1.61 bits per heavy atom. The summed E-state index contributed by atoms with van der Waals surface area (Å²) in [7, 11) is 4.66. The summed E-state index contributed by atoms with van der Waals surface area (Å²) < 4.78 is 22.0. The minimum atomic E-state index is -0.754. The molecule has 2 amide bonds. The minimum Gasteiger partial charge on any atom is -0.496 e. The van der Waals surface area contributed by atoms with E-state index in [1.807, 2.05) is 24.3 Å². The molecule has 0 saturated carbocycles. The van der Waals surface area contributed by atoms with Gasteiger partial charge in [-0.1, -0.05) is 30.3 Å². The van der Waals surface area contributed by atoms with Crippen LogP contribution in [0.15, 0.2) is 59.8 Å². The SMILES string of the molecule is CCOC(=O)C1=C(COc2ccccc2OC)N(C)C(=O)NC1c1ccccc1OC. The second-order valence-electron chi connectivity index (χ2n) is 6.70. The lowest BCUT2D eigenvalue weighted by molar-refractivity contribution is -0.139. The Labute approximate surface area is 181 Å². The standard InChI is InChI=1S/C23H26N2O6/c1-5-30-22(26)20-16(14-31-19-13-9-8-12-18(19)29-4)25(2)23(27)24-21(20)15-10-6-7-11-17(15)28-3/h6-13,21H,5,14H2,1-4H3,(H,24,27). The van der Waals surface area contributed by atoms with E-state index < -0.39 is 12.0 Å². The smallest absolute Gasteiger partial charge is 0.338 e. The average Bonchev–Trinajstić information content (AvgIpc) is 2.79. The fourth-order valence-electron chi connectivity index (χ4n) is 3.40. The molecule has 2 aromatic carbocycles. The molecule has 31 heavy (non-hydrogen) atoms. The number of nitrogens with zero attached hydrogens (tertiary/aromatic N) is 1. The predicted octanol–water partition coefficient (Wildman–Crippen LogP) is 3.30. The van der Waals surface area contributed by atoms with Crippen LogP contribution in [-0.4, -0.2) is 51.4 Å². The van der Waals surface area contributed by atoms with Gasteiger partial charge in [-0.2, -0.15) is 0 Å². The number of hydrogen-bond acceptors (Lipinski definition) is 6. The van der Waals surface area contributed by atoms with Gasteiger partial charge in [0.05, 0.1) is 38.1 Å². The van der Waals surface area contributed by atoms with Crippen LogP contribution in [0.1, 0.15) is 18.5 Å². The number of carbonyl (C=O) groups is 2. The van der Waals surface area contributed by atoms with E-state index in [0.717, 1.165) is 0 Å². The number of esters is 1. The monoisotopic (exact) mass is 426 g/mol. The van der Waals surface area contributed by atoms with Crippen molar-refractivity contribution in [1.82, 2.24) is 10.2 Å². The Morgan fingerprint density at radius 1 is 1.00 bits per heavy atom. The molecule has 1 N–H and O–H groups in total. The molecule has 1 atom stereocenters. The highest BCUT2D eigenvalue weighted by Crippen LogP contribution is 2.36. The molecule has 1 unspecified atom stereocenters. The molecule has 8 heteroatoms. The van der Waals surface area contributed by atoms with Gasteiger partial charge in [-0.25, -0.2) is 9.59 Å². The van der Waals surface area contributed by atoms with Crippen molar-refractivity contribution < 1.29 is 28.5 Å². The Bertz CT molecular complexity index is 988. The third-order valence-electron chi connectivity index (χ3n) is 4.96. The minimum absolute atomic E-state index is 0.0376. The van der Waals surface area contributed by atoms with E-state index in [2.05, 4.69) is 5.32 Å². The lowest BCUT2D eigenvalue weighted by Crippen LogP contribution is -2.48. The number of para-hydroxylation sites is 3. The van der Waals surface area contributed by atoms with E-state index in [0.29, 0.717) is 28.5 Å². The second kappa shape index (κ2) is 9.88. The maximum absolute atomic E-state index is 13.0. The van der Waals surface area contributed by atoms with Crippen molar-refractivity contribution in [2.45, 2.75) is 13.0 Å². The van der Waals surface area contributed by atoms with Crippen molar-refractivity contribution in [3.05, 3.63) is 65.4 Å². The fourth-order valence-corrected chi connectivity index (χ4v) is 3.40. The molecular weight excluding hydrogens is 400 g/mol. The molecule has 0 saturated heterocycles. The number of benzene rings is 2. The molecule has 0 fully saturated rings. The zero-order valence-electron chi connectivity index (χ0n) is 18.0.